The highest BCUT2D eigenvalue weighted by molar-refractivity contribution is 7.88. The molecule has 1 aromatic heterocycles. The number of hydrogen-bond donors (Lipinski definition) is 2. The Hall–Kier alpha value is -2.90. The second-order valence-electron chi connectivity index (χ2n) is 7.01. The third-order valence-corrected chi connectivity index (χ3v) is 6.02. The summed E-state index contributed by atoms with van der Waals surface area (Å²) in [5, 5.41) is 3.77. The van der Waals surface area contributed by atoms with Gasteiger partial charge in [0.1, 0.15) is 5.58 Å². The van der Waals surface area contributed by atoms with Gasteiger partial charge in [-0.1, -0.05) is 30.3 Å². The summed E-state index contributed by atoms with van der Waals surface area (Å²) in [6, 6.07) is 10.7. The summed E-state index contributed by atoms with van der Waals surface area (Å²) in [6.07, 6.45) is 1.49. The zero-order chi connectivity index (χ0) is 21.2. The number of amides is 1. The fraction of sp³-hybridized carbons (Fsp3) is 0.227. The molecule has 29 heavy (non-hydrogen) atoms. The SMILES string of the molecule is C=CCNS(=O)(=O)Cc1ccc(NC(=O)c2oc3c(C)ccc(C)c3c2C)cc1. The standard InChI is InChI=1S/C22H24N2O4S/c1-5-12-23-29(26,27)13-17-8-10-18(11-9-17)24-22(25)21-16(4)19-14(2)6-7-15(3)20(19)28-21/h5-11,23H,1,12-13H2,2-4H3,(H,24,25). The molecular weight excluding hydrogens is 388 g/mol. The molecule has 3 rings (SSSR count). The predicted molar refractivity (Wildman–Crippen MR) is 116 cm³/mol. The Balaban J connectivity index is 1.77. The number of nitrogens with one attached hydrogen (secondary N) is 2. The summed E-state index contributed by atoms with van der Waals surface area (Å²) in [5.74, 6) is -0.209. The minimum Gasteiger partial charge on any atom is -0.450 e. The molecule has 0 aliphatic rings. The van der Waals surface area contributed by atoms with E-state index in [1.807, 2.05) is 32.9 Å². The highest BCUT2D eigenvalue weighted by Gasteiger charge is 2.20. The number of aryl methyl sites for hydroxylation is 3. The van der Waals surface area contributed by atoms with Crippen LogP contribution in [0.3, 0.4) is 0 Å². The molecule has 3 aromatic rings. The summed E-state index contributed by atoms with van der Waals surface area (Å²) in [5.41, 5.74) is 4.73. The van der Waals surface area contributed by atoms with E-state index in [1.54, 1.807) is 24.3 Å². The summed E-state index contributed by atoms with van der Waals surface area (Å²) >= 11 is 0. The Morgan fingerprint density at radius 2 is 1.72 bits per heavy atom. The molecule has 0 saturated heterocycles. The van der Waals surface area contributed by atoms with Crippen LogP contribution in [0, 0.1) is 20.8 Å². The van der Waals surface area contributed by atoms with Gasteiger partial charge in [0, 0.05) is 23.2 Å². The van der Waals surface area contributed by atoms with Crippen molar-refractivity contribution in [2.75, 3.05) is 11.9 Å². The maximum absolute atomic E-state index is 12.7. The molecule has 1 amide bonds. The molecule has 0 unspecified atom stereocenters. The molecule has 0 spiro atoms. The molecule has 0 bridgehead atoms. The Morgan fingerprint density at radius 3 is 2.34 bits per heavy atom. The summed E-state index contributed by atoms with van der Waals surface area (Å²) in [6.45, 7) is 9.49. The van der Waals surface area contributed by atoms with Crippen LogP contribution < -0.4 is 10.0 Å². The molecule has 2 aromatic carbocycles. The minimum absolute atomic E-state index is 0.143. The Labute approximate surface area is 170 Å². The molecule has 0 radical (unpaired) electrons. The van der Waals surface area contributed by atoms with Gasteiger partial charge in [-0.3, -0.25) is 4.79 Å². The number of fused-ring (bicyclic) bond motifs is 1. The van der Waals surface area contributed by atoms with Crippen LogP contribution in [-0.2, 0) is 15.8 Å². The largest absolute Gasteiger partial charge is 0.450 e. The molecule has 6 nitrogen and oxygen atoms in total. The van der Waals surface area contributed by atoms with Crippen LogP contribution in [0.2, 0.25) is 0 Å². The number of rotatable bonds is 7. The first-order valence-corrected chi connectivity index (χ1v) is 10.8. The maximum Gasteiger partial charge on any atom is 0.291 e. The van der Waals surface area contributed by atoms with Gasteiger partial charge >= 0.3 is 0 Å². The van der Waals surface area contributed by atoms with Crippen LogP contribution >= 0.6 is 0 Å². The summed E-state index contributed by atoms with van der Waals surface area (Å²) < 4.78 is 32.2. The number of carbonyl (C=O) groups is 1. The van der Waals surface area contributed by atoms with Crippen molar-refractivity contribution in [1.29, 1.82) is 0 Å². The zero-order valence-electron chi connectivity index (χ0n) is 16.7. The molecule has 2 N–H and O–H groups in total. The van der Waals surface area contributed by atoms with E-state index in [1.165, 1.54) is 6.08 Å². The monoisotopic (exact) mass is 412 g/mol. The molecule has 0 aliphatic heterocycles. The highest BCUT2D eigenvalue weighted by Crippen LogP contribution is 2.31. The van der Waals surface area contributed by atoms with E-state index in [4.69, 9.17) is 4.42 Å². The average Bonchev–Trinajstić information content (AvgIpc) is 3.03. The number of benzene rings is 2. The molecule has 1 heterocycles. The molecule has 7 heteroatoms. The van der Waals surface area contributed by atoms with Crippen LogP contribution in [0.4, 0.5) is 5.69 Å². The fourth-order valence-corrected chi connectivity index (χ4v) is 4.33. The van der Waals surface area contributed by atoms with Crippen molar-refractivity contribution in [2.24, 2.45) is 0 Å². The minimum atomic E-state index is -3.43. The third kappa shape index (κ3) is 4.58. The van der Waals surface area contributed by atoms with Crippen molar-refractivity contribution < 1.29 is 17.6 Å². The second kappa shape index (κ2) is 8.23. The smallest absolute Gasteiger partial charge is 0.291 e. The van der Waals surface area contributed by atoms with Gasteiger partial charge < -0.3 is 9.73 Å². The number of sulfonamides is 1. The maximum atomic E-state index is 12.7. The first kappa shape index (κ1) is 20.8. The van der Waals surface area contributed by atoms with Gasteiger partial charge in [-0.2, -0.15) is 0 Å². The van der Waals surface area contributed by atoms with Gasteiger partial charge in [0.05, 0.1) is 5.75 Å². The van der Waals surface area contributed by atoms with Crippen LogP contribution in [0.25, 0.3) is 11.0 Å². The van der Waals surface area contributed by atoms with Gasteiger partial charge in [-0.15, -0.1) is 6.58 Å². The van der Waals surface area contributed by atoms with Crippen LogP contribution in [0.15, 0.2) is 53.5 Å². The number of anilines is 1. The van der Waals surface area contributed by atoms with E-state index in [0.717, 1.165) is 27.7 Å². The van der Waals surface area contributed by atoms with E-state index in [0.29, 0.717) is 11.3 Å². The Bertz CT molecular complexity index is 1180. The summed E-state index contributed by atoms with van der Waals surface area (Å²) in [7, 11) is -3.43. The number of carbonyl (C=O) groups excluding carboxylic acids is 1. The lowest BCUT2D eigenvalue weighted by atomic mass is 10.0. The molecular formula is C22H24N2O4S. The molecule has 0 atom stereocenters. The van der Waals surface area contributed by atoms with Gasteiger partial charge in [0.25, 0.3) is 5.91 Å². The van der Waals surface area contributed by atoms with Crippen molar-refractivity contribution in [3.8, 4) is 0 Å². The topological polar surface area (TPSA) is 88.4 Å². The van der Waals surface area contributed by atoms with E-state index in [9.17, 15) is 13.2 Å². The van der Waals surface area contributed by atoms with Crippen LogP contribution in [0.1, 0.15) is 32.8 Å². The molecule has 0 fully saturated rings. The van der Waals surface area contributed by atoms with Crippen LogP contribution in [-0.4, -0.2) is 20.9 Å². The Kier molecular flexibility index (Phi) is 5.91. The average molecular weight is 413 g/mol. The van der Waals surface area contributed by atoms with Crippen molar-refractivity contribution in [1.82, 2.24) is 4.72 Å². The van der Waals surface area contributed by atoms with E-state index in [-0.39, 0.29) is 24.0 Å². The van der Waals surface area contributed by atoms with Crippen molar-refractivity contribution >= 4 is 32.6 Å². The normalized spacial score (nSPS) is 11.6. The van der Waals surface area contributed by atoms with E-state index in [2.05, 4.69) is 16.6 Å². The van der Waals surface area contributed by atoms with Crippen molar-refractivity contribution in [3.05, 3.63) is 77.1 Å². The number of furan rings is 1. The van der Waals surface area contributed by atoms with Gasteiger partial charge in [-0.25, -0.2) is 13.1 Å². The van der Waals surface area contributed by atoms with Gasteiger partial charge in [-0.05, 0) is 49.6 Å². The van der Waals surface area contributed by atoms with E-state index >= 15 is 0 Å². The van der Waals surface area contributed by atoms with Gasteiger partial charge in [0.15, 0.2) is 5.76 Å². The predicted octanol–water partition coefficient (Wildman–Crippen LogP) is 4.22. The molecule has 152 valence electrons. The lowest BCUT2D eigenvalue weighted by Crippen LogP contribution is -2.25. The summed E-state index contributed by atoms with van der Waals surface area (Å²) in [4.78, 5) is 12.7. The first-order chi connectivity index (χ1) is 13.7. The van der Waals surface area contributed by atoms with Crippen molar-refractivity contribution in [3.63, 3.8) is 0 Å². The van der Waals surface area contributed by atoms with Crippen molar-refractivity contribution in [2.45, 2.75) is 26.5 Å². The van der Waals surface area contributed by atoms with E-state index < -0.39 is 10.0 Å². The van der Waals surface area contributed by atoms with Gasteiger partial charge in [0.2, 0.25) is 10.0 Å². The first-order valence-electron chi connectivity index (χ1n) is 9.19. The van der Waals surface area contributed by atoms with Crippen LogP contribution in [0.5, 0.6) is 0 Å². The zero-order valence-corrected chi connectivity index (χ0v) is 17.5. The quantitative estimate of drug-likeness (QED) is 0.569. The fourth-order valence-electron chi connectivity index (χ4n) is 3.22. The third-order valence-electron chi connectivity index (χ3n) is 4.70. The molecule has 0 aliphatic carbocycles. The second-order valence-corrected chi connectivity index (χ2v) is 8.81. The molecule has 0 saturated carbocycles. The lowest BCUT2D eigenvalue weighted by Gasteiger charge is -2.07. The Morgan fingerprint density at radius 1 is 1.07 bits per heavy atom. The lowest BCUT2D eigenvalue weighted by molar-refractivity contribution is 0.0998. The number of hydrogen-bond acceptors (Lipinski definition) is 4. The highest BCUT2D eigenvalue weighted by atomic mass is 32.2.